The van der Waals surface area contributed by atoms with Crippen LogP contribution in [-0.4, -0.2) is 231 Å². The van der Waals surface area contributed by atoms with Crippen molar-refractivity contribution in [1.82, 2.24) is 0 Å². The lowest BCUT2D eigenvalue weighted by atomic mass is 9.99. The summed E-state index contributed by atoms with van der Waals surface area (Å²) in [6.45, 7) is -3.36. The van der Waals surface area contributed by atoms with Crippen LogP contribution in [0.1, 0.15) is 0 Å². The van der Waals surface area contributed by atoms with E-state index in [9.17, 15) is 86.5 Å². The quantitative estimate of drug-likeness (QED) is 0.0757. The molecule has 16 N–H and O–H groups in total. The highest BCUT2D eigenvalue weighted by Gasteiger charge is 2.49. The average molecular weight is 935 g/mol. The van der Waals surface area contributed by atoms with Crippen molar-refractivity contribution in [1.29, 1.82) is 0 Å². The summed E-state index contributed by atoms with van der Waals surface area (Å²) in [5.74, 6) is -2.40. The van der Waals surface area contributed by atoms with Crippen LogP contribution in [0, 0.1) is 0 Å². The maximum atomic E-state index is 14.9. The van der Waals surface area contributed by atoms with Crippen molar-refractivity contribution in [3.63, 3.8) is 0 Å². The Morgan fingerprint density at radius 3 is 1.20 bits per heavy atom. The van der Waals surface area contributed by atoms with Crippen molar-refractivity contribution in [2.24, 2.45) is 0 Å². The van der Waals surface area contributed by atoms with Gasteiger partial charge in [-0.25, -0.2) is 0 Å². The molecule has 7 rings (SSSR count). The van der Waals surface area contributed by atoms with Crippen molar-refractivity contribution < 1.29 is 124 Å². The fourth-order valence-electron chi connectivity index (χ4n) is 7.55. The molecule has 362 valence electrons. The van der Waals surface area contributed by atoms with Crippen LogP contribution in [0.2, 0.25) is 0 Å². The third-order valence-corrected chi connectivity index (χ3v) is 11.4. The van der Waals surface area contributed by atoms with Gasteiger partial charge in [0.2, 0.25) is 36.3 Å². The number of benzene rings is 2. The molecule has 26 nitrogen and oxygen atoms in total. The Labute approximate surface area is 364 Å². The van der Waals surface area contributed by atoms with Gasteiger partial charge in [0.15, 0.2) is 5.76 Å². The highest BCUT2D eigenvalue weighted by molar-refractivity contribution is 5.88. The first-order chi connectivity index (χ1) is 30.9. The Kier molecular flexibility index (Phi) is 15.1. The van der Waals surface area contributed by atoms with Crippen LogP contribution < -0.4 is 24.4 Å². The van der Waals surface area contributed by atoms with Gasteiger partial charge in [-0.2, -0.15) is 0 Å². The maximum absolute atomic E-state index is 14.9. The van der Waals surface area contributed by atoms with E-state index >= 15 is 0 Å². The van der Waals surface area contributed by atoms with Crippen molar-refractivity contribution >= 4 is 11.0 Å². The van der Waals surface area contributed by atoms with Crippen LogP contribution in [0.3, 0.4) is 0 Å². The monoisotopic (exact) mass is 934 g/mol. The van der Waals surface area contributed by atoms with Crippen LogP contribution in [0.5, 0.6) is 23.0 Å². The Balaban J connectivity index is 1.35. The second-order valence-corrected chi connectivity index (χ2v) is 15.7. The van der Waals surface area contributed by atoms with Crippen LogP contribution in [0.25, 0.3) is 22.3 Å². The molecule has 4 aliphatic heterocycles. The van der Waals surface area contributed by atoms with Crippen LogP contribution >= 0.6 is 0 Å². The summed E-state index contributed by atoms with van der Waals surface area (Å²) in [4.78, 5) is 14.9. The molecule has 0 spiro atoms. The number of rotatable bonds is 13. The molecule has 0 radical (unpaired) electrons. The summed E-state index contributed by atoms with van der Waals surface area (Å²) >= 11 is 0. The largest absolute Gasteiger partial charge is 0.462 e. The topological polar surface area (TPSA) is 428 Å². The fraction of sp³-hybridized carbons (Fsp3) is 0.615. The Morgan fingerprint density at radius 1 is 0.431 bits per heavy atom. The standard InChI is InChI=1S/C39H50O26/c40-7-16-21(44)26(49)30(53)36(61-16)57-12-3-1-11(2-4-12)34-35(65-39-33(56)29(52)24(47)19(10-43)64-39)25(48)20-14(59-34)5-13(58-37-31(54)27(50)22(45)17(8-41)62-37)6-15(20)60-38-32(55)28(51)23(46)18(9-42)63-38/h1-6,16-19,21-24,26-33,36-47,49-56H,7-10H2. The van der Waals surface area contributed by atoms with Gasteiger partial charge in [0, 0.05) is 17.7 Å². The Hall–Kier alpha value is -3.95. The number of hydrogen-bond acceptors (Lipinski definition) is 26. The van der Waals surface area contributed by atoms with Crippen molar-refractivity contribution in [2.75, 3.05) is 26.4 Å². The summed E-state index contributed by atoms with van der Waals surface area (Å²) in [6.07, 6.45) is -35.9. The molecule has 3 aromatic rings. The summed E-state index contributed by atoms with van der Waals surface area (Å²) in [7, 11) is 0. The lowest BCUT2D eigenvalue weighted by Crippen LogP contribution is -2.60. The van der Waals surface area contributed by atoms with E-state index < -0.39 is 189 Å². The zero-order valence-electron chi connectivity index (χ0n) is 33.6. The second kappa shape index (κ2) is 20.1. The van der Waals surface area contributed by atoms with E-state index in [1.165, 1.54) is 24.3 Å². The molecule has 0 amide bonds. The van der Waals surface area contributed by atoms with Gasteiger partial charge in [-0.3, -0.25) is 4.79 Å². The van der Waals surface area contributed by atoms with Gasteiger partial charge in [-0.15, -0.1) is 0 Å². The first-order valence-corrected chi connectivity index (χ1v) is 20.1. The Bertz CT molecular complexity index is 2110. The minimum atomic E-state index is -2.08. The number of aliphatic hydroxyl groups is 16. The van der Waals surface area contributed by atoms with E-state index in [1.54, 1.807) is 0 Å². The molecule has 26 heteroatoms. The number of ether oxygens (including phenoxy) is 8. The lowest BCUT2D eigenvalue weighted by Gasteiger charge is -2.40. The zero-order chi connectivity index (χ0) is 47.2. The number of aliphatic hydroxyl groups excluding tert-OH is 16. The molecule has 0 bridgehead atoms. The Morgan fingerprint density at radius 2 is 0.800 bits per heavy atom. The third-order valence-electron chi connectivity index (χ3n) is 11.4. The summed E-state index contributed by atoms with van der Waals surface area (Å²) < 4.78 is 51.3. The molecule has 20 unspecified atom stereocenters. The highest BCUT2D eigenvalue weighted by Crippen LogP contribution is 2.40. The van der Waals surface area contributed by atoms with Gasteiger partial charge < -0.3 is 124 Å². The maximum Gasteiger partial charge on any atom is 0.239 e. The first kappa shape index (κ1) is 49.0. The number of fused-ring (bicyclic) bond motifs is 1. The third kappa shape index (κ3) is 9.49. The normalized spacial score (nSPS) is 40.1. The molecule has 2 aromatic carbocycles. The van der Waals surface area contributed by atoms with E-state index in [-0.39, 0.29) is 11.3 Å². The van der Waals surface area contributed by atoms with Crippen LogP contribution in [0.15, 0.2) is 45.6 Å². The smallest absolute Gasteiger partial charge is 0.239 e. The molecule has 4 aliphatic rings. The zero-order valence-corrected chi connectivity index (χ0v) is 33.6. The molecule has 20 atom stereocenters. The molecule has 0 saturated carbocycles. The molecule has 1 aromatic heterocycles. The lowest BCUT2D eigenvalue weighted by molar-refractivity contribution is -0.278. The number of hydrogen-bond donors (Lipinski definition) is 16. The highest BCUT2D eigenvalue weighted by atomic mass is 16.7. The second-order valence-electron chi connectivity index (χ2n) is 15.7. The van der Waals surface area contributed by atoms with Gasteiger partial charge in [0.25, 0.3) is 0 Å². The molecular weight excluding hydrogens is 884 g/mol. The van der Waals surface area contributed by atoms with Gasteiger partial charge >= 0.3 is 0 Å². The van der Waals surface area contributed by atoms with Crippen molar-refractivity contribution in [3.05, 3.63) is 46.6 Å². The molecule has 4 fully saturated rings. The summed E-state index contributed by atoms with van der Waals surface area (Å²) in [5, 5.41) is 164. The van der Waals surface area contributed by atoms with Gasteiger partial charge in [-0.05, 0) is 24.3 Å². The average Bonchev–Trinajstić information content (AvgIpc) is 3.30. The summed E-state index contributed by atoms with van der Waals surface area (Å²) in [6, 6.07) is 7.03. The van der Waals surface area contributed by atoms with E-state index in [1.807, 2.05) is 0 Å². The van der Waals surface area contributed by atoms with E-state index in [0.29, 0.717) is 0 Å². The van der Waals surface area contributed by atoms with Gasteiger partial charge in [0.1, 0.15) is 126 Å². The van der Waals surface area contributed by atoms with Gasteiger partial charge in [0.05, 0.1) is 26.4 Å². The fourth-order valence-corrected chi connectivity index (χ4v) is 7.55. The molecule has 65 heavy (non-hydrogen) atoms. The van der Waals surface area contributed by atoms with Crippen LogP contribution in [-0.2, 0) is 18.9 Å². The minimum Gasteiger partial charge on any atom is -0.462 e. The van der Waals surface area contributed by atoms with E-state index in [2.05, 4.69) is 0 Å². The van der Waals surface area contributed by atoms with Crippen molar-refractivity contribution in [3.8, 4) is 34.3 Å². The molecule has 0 aliphatic carbocycles. The summed E-state index contributed by atoms with van der Waals surface area (Å²) in [5.41, 5.74) is -1.70. The van der Waals surface area contributed by atoms with E-state index in [4.69, 9.17) is 42.3 Å². The van der Waals surface area contributed by atoms with Crippen molar-refractivity contribution in [2.45, 2.75) is 123 Å². The minimum absolute atomic E-state index is 0.0404. The molecule has 5 heterocycles. The van der Waals surface area contributed by atoms with E-state index in [0.717, 1.165) is 12.1 Å². The predicted octanol–water partition coefficient (Wildman–Crippen LogP) is -7.83. The van der Waals surface area contributed by atoms with Gasteiger partial charge in [-0.1, -0.05) is 0 Å². The van der Waals surface area contributed by atoms with Crippen LogP contribution in [0.4, 0.5) is 0 Å². The predicted molar refractivity (Wildman–Crippen MR) is 206 cm³/mol. The SMILES string of the molecule is O=c1c(OC2OC(CO)C(O)C(O)C2O)c(-c2ccc(OC3OC(CO)C(O)C(O)C3O)cc2)oc2cc(OC3OC(CO)C(O)C(O)C3O)cc(OC3OC(CO)C(O)C(O)C3O)c12. The first-order valence-electron chi connectivity index (χ1n) is 20.1. The molecular formula is C39H50O26. The molecule has 4 saturated heterocycles.